The van der Waals surface area contributed by atoms with Crippen LogP contribution >= 0.6 is 11.3 Å². The van der Waals surface area contributed by atoms with Gasteiger partial charge in [-0.2, -0.15) is 0 Å². The zero-order valence-corrected chi connectivity index (χ0v) is 10.7. The summed E-state index contributed by atoms with van der Waals surface area (Å²) in [4.78, 5) is 8.10. The average Bonchev–Trinajstić information content (AvgIpc) is 2.80. The van der Waals surface area contributed by atoms with Gasteiger partial charge in [0.2, 0.25) is 0 Å². The van der Waals surface area contributed by atoms with E-state index in [-0.39, 0.29) is 0 Å². The van der Waals surface area contributed by atoms with Crippen LogP contribution in [0.25, 0.3) is 0 Å². The Morgan fingerprint density at radius 2 is 2.31 bits per heavy atom. The van der Waals surface area contributed by atoms with Gasteiger partial charge in [-0.3, -0.25) is 0 Å². The Bertz CT molecular complexity index is 323. The van der Waals surface area contributed by atoms with Crippen LogP contribution in [0.1, 0.15) is 24.8 Å². The Hall–Kier alpha value is -0.650. The number of nitrogens with one attached hydrogen (secondary N) is 1. The van der Waals surface area contributed by atoms with E-state index in [4.69, 9.17) is 4.74 Å². The van der Waals surface area contributed by atoms with Crippen LogP contribution < -0.4 is 10.2 Å². The molecule has 0 bridgehead atoms. The summed E-state index contributed by atoms with van der Waals surface area (Å²) < 4.78 is 5.34. The molecule has 0 aromatic carbocycles. The van der Waals surface area contributed by atoms with E-state index in [1.807, 2.05) is 6.20 Å². The fourth-order valence-corrected chi connectivity index (χ4v) is 2.78. The molecule has 0 radical (unpaired) electrons. The normalized spacial score (nSPS) is 18.8. The van der Waals surface area contributed by atoms with Crippen molar-refractivity contribution in [2.45, 2.75) is 19.9 Å². The van der Waals surface area contributed by atoms with E-state index in [1.165, 1.54) is 4.88 Å². The zero-order valence-electron chi connectivity index (χ0n) is 9.90. The summed E-state index contributed by atoms with van der Waals surface area (Å²) in [6, 6.07) is 0.400. The summed E-state index contributed by atoms with van der Waals surface area (Å²) in [5, 5.41) is 4.53. The van der Waals surface area contributed by atoms with E-state index in [9.17, 15) is 0 Å². The summed E-state index contributed by atoms with van der Waals surface area (Å²) in [5.74, 6) is 0. The van der Waals surface area contributed by atoms with Gasteiger partial charge in [-0.1, -0.05) is 6.92 Å². The number of anilines is 1. The first-order chi connectivity index (χ1) is 7.81. The van der Waals surface area contributed by atoms with Crippen molar-refractivity contribution >= 4 is 16.5 Å². The minimum atomic E-state index is 0.400. The third kappa shape index (κ3) is 2.72. The lowest BCUT2D eigenvalue weighted by atomic mass is 10.3. The Balaban J connectivity index is 2.00. The number of ether oxygens (including phenoxy) is 1. The fourth-order valence-electron chi connectivity index (χ4n) is 1.78. The topological polar surface area (TPSA) is 37.4 Å². The van der Waals surface area contributed by atoms with Crippen molar-refractivity contribution < 1.29 is 4.74 Å². The molecule has 4 nitrogen and oxygen atoms in total. The minimum absolute atomic E-state index is 0.400. The highest BCUT2D eigenvalue weighted by molar-refractivity contribution is 7.15. The second-order valence-corrected chi connectivity index (χ2v) is 4.96. The minimum Gasteiger partial charge on any atom is -0.378 e. The molecule has 1 aromatic rings. The molecule has 1 aliphatic rings. The number of thiazole rings is 1. The standard InChI is InChI=1S/C11H19N3OS/c1-3-12-9(2)10-8-13-11(16-10)14-4-6-15-7-5-14/h8-9,12H,3-7H2,1-2H3. The van der Waals surface area contributed by atoms with Gasteiger partial charge in [0.1, 0.15) is 0 Å². The van der Waals surface area contributed by atoms with Gasteiger partial charge in [0.05, 0.1) is 13.2 Å². The van der Waals surface area contributed by atoms with Crippen LogP contribution in [-0.2, 0) is 4.74 Å². The van der Waals surface area contributed by atoms with Crippen LogP contribution in [0, 0.1) is 0 Å². The predicted octanol–water partition coefficient (Wildman–Crippen LogP) is 1.65. The van der Waals surface area contributed by atoms with Gasteiger partial charge in [0, 0.05) is 30.2 Å². The summed E-state index contributed by atoms with van der Waals surface area (Å²) in [7, 11) is 0. The highest BCUT2D eigenvalue weighted by atomic mass is 32.1. The monoisotopic (exact) mass is 241 g/mol. The van der Waals surface area contributed by atoms with Gasteiger partial charge >= 0.3 is 0 Å². The van der Waals surface area contributed by atoms with Crippen molar-refractivity contribution in [1.82, 2.24) is 10.3 Å². The largest absolute Gasteiger partial charge is 0.378 e. The zero-order chi connectivity index (χ0) is 11.4. The molecule has 0 amide bonds. The van der Waals surface area contributed by atoms with Gasteiger partial charge in [0.15, 0.2) is 5.13 Å². The summed E-state index contributed by atoms with van der Waals surface area (Å²) in [5.41, 5.74) is 0. The molecule has 1 atom stereocenters. The number of morpholine rings is 1. The third-order valence-electron chi connectivity index (χ3n) is 2.73. The first-order valence-corrected chi connectivity index (χ1v) is 6.64. The fraction of sp³-hybridized carbons (Fsp3) is 0.727. The third-order valence-corrected chi connectivity index (χ3v) is 3.97. The molecule has 16 heavy (non-hydrogen) atoms. The van der Waals surface area contributed by atoms with Gasteiger partial charge in [-0.25, -0.2) is 4.98 Å². The van der Waals surface area contributed by atoms with E-state index in [0.29, 0.717) is 6.04 Å². The van der Waals surface area contributed by atoms with Gasteiger partial charge in [0.25, 0.3) is 0 Å². The maximum atomic E-state index is 5.34. The number of aromatic nitrogens is 1. The smallest absolute Gasteiger partial charge is 0.185 e. The quantitative estimate of drug-likeness (QED) is 0.870. The molecule has 5 heteroatoms. The maximum Gasteiger partial charge on any atom is 0.185 e. The average molecular weight is 241 g/mol. The maximum absolute atomic E-state index is 5.34. The van der Waals surface area contributed by atoms with Crippen molar-refractivity contribution in [3.63, 3.8) is 0 Å². The van der Waals surface area contributed by atoms with Gasteiger partial charge in [-0.05, 0) is 13.5 Å². The SMILES string of the molecule is CCNC(C)c1cnc(N2CCOCC2)s1. The Labute approximate surface area is 101 Å². The van der Waals surface area contributed by atoms with Crippen LogP contribution in [-0.4, -0.2) is 37.8 Å². The van der Waals surface area contributed by atoms with Crippen LogP contribution in [0.2, 0.25) is 0 Å². The van der Waals surface area contributed by atoms with Crippen molar-refractivity contribution in [2.24, 2.45) is 0 Å². The van der Waals surface area contributed by atoms with Crippen LogP contribution in [0.5, 0.6) is 0 Å². The molecule has 1 unspecified atom stereocenters. The highest BCUT2D eigenvalue weighted by Crippen LogP contribution is 2.27. The van der Waals surface area contributed by atoms with E-state index < -0.39 is 0 Å². The first-order valence-electron chi connectivity index (χ1n) is 5.83. The van der Waals surface area contributed by atoms with Gasteiger partial charge < -0.3 is 15.0 Å². The lowest BCUT2D eigenvalue weighted by molar-refractivity contribution is 0.122. The molecular weight excluding hydrogens is 222 g/mol. The second kappa shape index (κ2) is 5.61. The van der Waals surface area contributed by atoms with E-state index in [0.717, 1.165) is 38.0 Å². The summed E-state index contributed by atoms with van der Waals surface area (Å²) >= 11 is 1.78. The predicted molar refractivity (Wildman–Crippen MR) is 67.2 cm³/mol. The highest BCUT2D eigenvalue weighted by Gasteiger charge is 2.16. The Kier molecular flexibility index (Phi) is 4.15. The second-order valence-electron chi connectivity index (χ2n) is 3.92. The molecular formula is C11H19N3OS. The van der Waals surface area contributed by atoms with E-state index >= 15 is 0 Å². The van der Waals surface area contributed by atoms with Crippen molar-refractivity contribution in [2.75, 3.05) is 37.7 Å². The van der Waals surface area contributed by atoms with Crippen LogP contribution in [0.3, 0.4) is 0 Å². The number of nitrogens with zero attached hydrogens (tertiary/aromatic N) is 2. The summed E-state index contributed by atoms with van der Waals surface area (Å²) in [6.07, 6.45) is 1.99. The molecule has 1 fully saturated rings. The summed E-state index contributed by atoms with van der Waals surface area (Å²) in [6.45, 7) is 8.85. The first kappa shape index (κ1) is 11.8. The lowest BCUT2D eigenvalue weighted by Gasteiger charge is -2.26. The molecule has 1 aromatic heterocycles. The van der Waals surface area contributed by atoms with Crippen LogP contribution in [0.4, 0.5) is 5.13 Å². The van der Waals surface area contributed by atoms with Gasteiger partial charge in [-0.15, -0.1) is 11.3 Å². The molecule has 2 rings (SSSR count). The Morgan fingerprint density at radius 1 is 1.56 bits per heavy atom. The molecule has 0 aliphatic carbocycles. The number of hydrogen-bond acceptors (Lipinski definition) is 5. The molecule has 2 heterocycles. The molecule has 1 N–H and O–H groups in total. The molecule has 0 spiro atoms. The number of rotatable bonds is 4. The van der Waals surface area contributed by atoms with Crippen molar-refractivity contribution in [3.8, 4) is 0 Å². The lowest BCUT2D eigenvalue weighted by Crippen LogP contribution is -2.36. The van der Waals surface area contributed by atoms with Crippen molar-refractivity contribution in [1.29, 1.82) is 0 Å². The Morgan fingerprint density at radius 3 is 3.00 bits per heavy atom. The molecule has 0 saturated carbocycles. The van der Waals surface area contributed by atoms with Crippen LogP contribution in [0.15, 0.2) is 6.20 Å². The van der Waals surface area contributed by atoms with Crippen molar-refractivity contribution in [3.05, 3.63) is 11.1 Å². The van der Waals surface area contributed by atoms with E-state index in [2.05, 4.69) is 29.0 Å². The number of hydrogen-bond donors (Lipinski definition) is 1. The molecule has 1 aliphatic heterocycles. The molecule has 90 valence electrons. The molecule has 1 saturated heterocycles. The van der Waals surface area contributed by atoms with E-state index in [1.54, 1.807) is 11.3 Å².